The number of hydrogen-bond donors (Lipinski definition) is 1. The highest BCUT2D eigenvalue weighted by atomic mass is 16.2. The minimum atomic E-state index is -0.124. The van der Waals surface area contributed by atoms with E-state index in [-0.39, 0.29) is 24.0 Å². The van der Waals surface area contributed by atoms with Crippen LogP contribution in [0.25, 0.3) is 0 Å². The van der Waals surface area contributed by atoms with Crippen molar-refractivity contribution in [2.24, 2.45) is 0 Å². The lowest BCUT2D eigenvalue weighted by atomic mass is 9.97. The quantitative estimate of drug-likeness (QED) is 0.571. The van der Waals surface area contributed by atoms with Gasteiger partial charge in [0.1, 0.15) is 0 Å². The maximum atomic E-state index is 12.1. The van der Waals surface area contributed by atoms with Crippen molar-refractivity contribution in [3.8, 4) is 0 Å². The number of carbonyl (C=O) groups is 3. The Morgan fingerprint density at radius 1 is 1.08 bits per heavy atom. The molecule has 0 radical (unpaired) electrons. The highest BCUT2D eigenvalue weighted by Gasteiger charge is 2.14. The van der Waals surface area contributed by atoms with Gasteiger partial charge in [-0.2, -0.15) is 0 Å². The number of benzene rings is 1. The van der Waals surface area contributed by atoms with Gasteiger partial charge in [-0.3, -0.25) is 14.4 Å². The van der Waals surface area contributed by atoms with Crippen LogP contribution >= 0.6 is 0 Å². The van der Waals surface area contributed by atoms with Crippen molar-refractivity contribution in [3.63, 3.8) is 0 Å². The van der Waals surface area contributed by atoms with Gasteiger partial charge in [0.2, 0.25) is 11.8 Å². The first-order chi connectivity index (χ1) is 12.5. The van der Waals surface area contributed by atoms with Gasteiger partial charge in [-0.15, -0.1) is 0 Å². The lowest BCUT2D eigenvalue weighted by Gasteiger charge is -2.21. The zero-order valence-corrected chi connectivity index (χ0v) is 15.7. The molecule has 1 N–H and O–H groups in total. The monoisotopic (exact) mass is 356 g/mol. The third-order valence-electron chi connectivity index (χ3n) is 4.68. The molecule has 5 heteroatoms. The van der Waals surface area contributed by atoms with Crippen molar-refractivity contribution in [2.45, 2.75) is 52.4 Å². The van der Waals surface area contributed by atoms with E-state index in [0.29, 0.717) is 24.3 Å². The van der Waals surface area contributed by atoms with Crippen LogP contribution in [0, 0.1) is 0 Å². The molecule has 0 saturated heterocycles. The first kappa shape index (κ1) is 19.9. The number of carbonyl (C=O) groups excluding carboxylic acids is 3. The Bertz CT molecular complexity index is 677. The van der Waals surface area contributed by atoms with E-state index in [1.807, 2.05) is 0 Å². The molecule has 5 nitrogen and oxygen atoms in total. The molecule has 0 bridgehead atoms. The van der Waals surface area contributed by atoms with Crippen LogP contribution in [0.1, 0.15) is 62.7 Å². The molecule has 2 amide bonds. The molecule has 26 heavy (non-hydrogen) atoms. The van der Waals surface area contributed by atoms with Gasteiger partial charge in [-0.25, -0.2) is 0 Å². The number of nitrogens with zero attached hydrogens (tertiary/aromatic N) is 1. The van der Waals surface area contributed by atoms with Crippen molar-refractivity contribution in [1.82, 2.24) is 5.32 Å². The molecule has 1 aliphatic carbocycles. The van der Waals surface area contributed by atoms with E-state index in [1.165, 1.54) is 32.3 Å². The first-order valence-electron chi connectivity index (χ1n) is 9.31. The highest BCUT2D eigenvalue weighted by Crippen LogP contribution is 2.19. The summed E-state index contributed by atoms with van der Waals surface area (Å²) in [5.41, 5.74) is 2.74. The molecule has 0 unspecified atom stereocenters. The smallest absolute Gasteiger partial charge is 0.223 e. The molecule has 2 rings (SSSR count). The number of Topliss-reactive ketones (excluding diaryl/α,β-unsaturated/α-hetero) is 1. The van der Waals surface area contributed by atoms with Crippen LogP contribution < -0.4 is 10.2 Å². The summed E-state index contributed by atoms with van der Waals surface area (Å²) < 4.78 is 0. The maximum absolute atomic E-state index is 12.1. The van der Waals surface area contributed by atoms with Crippen LogP contribution in [0.5, 0.6) is 0 Å². The minimum absolute atomic E-state index is 0.0154. The Morgan fingerprint density at radius 3 is 2.38 bits per heavy atom. The van der Waals surface area contributed by atoms with Gasteiger partial charge in [0.05, 0.1) is 0 Å². The summed E-state index contributed by atoms with van der Waals surface area (Å²) in [5.74, 6) is -0.188. The van der Waals surface area contributed by atoms with Gasteiger partial charge in [0, 0.05) is 37.7 Å². The molecular formula is C21H28N2O3. The van der Waals surface area contributed by atoms with Crippen LogP contribution in [-0.2, 0) is 9.59 Å². The highest BCUT2D eigenvalue weighted by molar-refractivity contribution is 5.96. The van der Waals surface area contributed by atoms with Crippen molar-refractivity contribution < 1.29 is 14.4 Å². The van der Waals surface area contributed by atoms with Crippen molar-refractivity contribution in [3.05, 3.63) is 41.5 Å². The first-order valence-corrected chi connectivity index (χ1v) is 9.31. The Hall–Kier alpha value is -2.43. The number of anilines is 1. The second-order valence-corrected chi connectivity index (χ2v) is 6.73. The summed E-state index contributed by atoms with van der Waals surface area (Å²) in [5, 5.41) is 2.94. The summed E-state index contributed by atoms with van der Waals surface area (Å²) in [6.45, 7) is 3.96. The lowest BCUT2D eigenvalue weighted by Crippen LogP contribution is -2.34. The summed E-state index contributed by atoms with van der Waals surface area (Å²) in [7, 11) is 0. The number of rotatable bonds is 8. The number of nitrogens with one attached hydrogen (secondary N) is 1. The second-order valence-electron chi connectivity index (χ2n) is 6.73. The van der Waals surface area contributed by atoms with E-state index in [1.54, 1.807) is 29.2 Å². The maximum Gasteiger partial charge on any atom is 0.223 e. The van der Waals surface area contributed by atoms with Gasteiger partial charge in [0.25, 0.3) is 0 Å². The van der Waals surface area contributed by atoms with Crippen LogP contribution in [0.4, 0.5) is 5.69 Å². The Kier molecular flexibility index (Phi) is 7.57. The fraction of sp³-hybridized carbons (Fsp3) is 0.476. The molecule has 140 valence electrons. The molecular weight excluding hydrogens is 328 g/mol. The normalized spacial score (nSPS) is 13.7. The van der Waals surface area contributed by atoms with Gasteiger partial charge in [-0.1, -0.05) is 11.6 Å². The van der Waals surface area contributed by atoms with E-state index >= 15 is 0 Å². The van der Waals surface area contributed by atoms with Crippen molar-refractivity contribution in [1.29, 1.82) is 0 Å². The van der Waals surface area contributed by atoms with Crippen LogP contribution in [-0.4, -0.2) is 30.7 Å². The predicted octanol–water partition coefficient (Wildman–Crippen LogP) is 3.64. The SMILES string of the molecule is CC(=O)c1ccc(N(CCC(=O)NCCC2=CCCCC2)C(C)=O)cc1. The fourth-order valence-corrected chi connectivity index (χ4v) is 3.14. The van der Waals surface area contributed by atoms with E-state index in [9.17, 15) is 14.4 Å². The van der Waals surface area contributed by atoms with Crippen LogP contribution in [0.3, 0.4) is 0 Å². The van der Waals surface area contributed by atoms with Crippen molar-refractivity contribution in [2.75, 3.05) is 18.0 Å². The molecule has 1 aromatic carbocycles. The molecule has 0 aromatic heterocycles. The molecule has 1 aliphatic rings. The second kappa shape index (κ2) is 9.90. The Balaban J connectivity index is 1.81. The summed E-state index contributed by atoms with van der Waals surface area (Å²) in [6.07, 6.45) is 8.27. The summed E-state index contributed by atoms with van der Waals surface area (Å²) in [4.78, 5) is 36.9. The van der Waals surface area contributed by atoms with Crippen LogP contribution in [0.2, 0.25) is 0 Å². The zero-order valence-electron chi connectivity index (χ0n) is 15.7. The molecule has 0 aliphatic heterocycles. The van der Waals surface area contributed by atoms with Crippen molar-refractivity contribution >= 4 is 23.3 Å². The molecule has 0 spiro atoms. The van der Waals surface area contributed by atoms with Gasteiger partial charge >= 0.3 is 0 Å². The van der Waals surface area contributed by atoms with E-state index < -0.39 is 0 Å². The lowest BCUT2D eigenvalue weighted by molar-refractivity contribution is -0.121. The summed E-state index contributed by atoms with van der Waals surface area (Å²) in [6, 6.07) is 6.88. The molecule has 0 heterocycles. The average molecular weight is 356 g/mol. The Morgan fingerprint density at radius 2 is 1.81 bits per heavy atom. The van der Waals surface area contributed by atoms with Gasteiger partial charge in [-0.05, 0) is 63.3 Å². The molecule has 0 saturated carbocycles. The van der Waals surface area contributed by atoms with Gasteiger partial charge < -0.3 is 10.2 Å². The largest absolute Gasteiger partial charge is 0.356 e. The zero-order chi connectivity index (χ0) is 18.9. The van der Waals surface area contributed by atoms with E-state index in [4.69, 9.17) is 0 Å². The topological polar surface area (TPSA) is 66.5 Å². The average Bonchev–Trinajstić information content (AvgIpc) is 2.63. The molecule has 1 aromatic rings. The summed E-state index contributed by atoms with van der Waals surface area (Å²) >= 11 is 0. The molecule has 0 fully saturated rings. The standard InChI is InChI=1S/C21H28N2O3/c1-16(24)19-8-10-20(11-9-19)23(17(2)25)15-13-21(26)22-14-12-18-6-4-3-5-7-18/h6,8-11H,3-5,7,12-15H2,1-2H3,(H,22,26). The third-order valence-corrected chi connectivity index (χ3v) is 4.68. The molecule has 0 atom stereocenters. The Labute approximate surface area is 155 Å². The number of ketones is 1. The minimum Gasteiger partial charge on any atom is -0.356 e. The number of hydrogen-bond acceptors (Lipinski definition) is 3. The number of allylic oxidation sites excluding steroid dienone is 1. The fourth-order valence-electron chi connectivity index (χ4n) is 3.14. The number of amides is 2. The van der Waals surface area contributed by atoms with E-state index in [2.05, 4.69) is 11.4 Å². The third kappa shape index (κ3) is 6.14. The van der Waals surface area contributed by atoms with Crippen LogP contribution in [0.15, 0.2) is 35.9 Å². The van der Waals surface area contributed by atoms with E-state index in [0.717, 1.165) is 19.3 Å². The van der Waals surface area contributed by atoms with Gasteiger partial charge in [0.15, 0.2) is 5.78 Å². The predicted molar refractivity (Wildman–Crippen MR) is 103 cm³/mol.